The van der Waals surface area contributed by atoms with Crippen molar-refractivity contribution in [1.82, 2.24) is 9.88 Å². The zero-order chi connectivity index (χ0) is 13.9. The zero-order valence-corrected chi connectivity index (χ0v) is 11.8. The Morgan fingerprint density at radius 1 is 1.53 bits per heavy atom. The summed E-state index contributed by atoms with van der Waals surface area (Å²) in [5.74, 6) is 0.186. The second-order valence-electron chi connectivity index (χ2n) is 5.94. The summed E-state index contributed by atoms with van der Waals surface area (Å²) in [6.07, 6.45) is 4.94. The molecule has 1 aromatic heterocycles. The fourth-order valence-corrected chi connectivity index (χ4v) is 2.60. The molecule has 19 heavy (non-hydrogen) atoms. The van der Waals surface area contributed by atoms with Crippen molar-refractivity contribution >= 4 is 5.91 Å². The first kappa shape index (κ1) is 14.0. The lowest BCUT2D eigenvalue weighted by Crippen LogP contribution is -2.56. The molecule has 1 aliphatic rings. The Kier molecular flexibility index (Phi) is 4.20. The van der Waals surface area contributed by atoms with E-state index in [1.165, 1.54) is 0 Å². The summed E-state index contributed by atoms with van der Waals surface area (Å²) in [7, 11) is 0. The van der Waals surface area contributed by atoms with Gasteiger partial charge >= 0.3 is 0 Å². The summed E-state index contributed by atoms with van der Waals surface area (Å²) in [5.41, 5.74) is 6.88. The highest BCUT2D eigenvalue weighted by Crippen LogP contribution is 2.27. The summed E-state index contributed by atoms with van der Waals surface area (Å²) in [6.45, 7) is 4.92. The smallest absolute Gasteiger partial charge is 0.223 e. The van der Waals surface area contributed by atoms with Crippen LogP contribution in [0.1, 0.15) is 38.8 Å². The zero-order valence-electron chi connectivity index (χ0n) is 11.8. The van der Waals surface area contributed by atoms with Crippen LogP contribution in [0.4, 0.5) is 0 Å². The molecule has 2 heterocycles. The number of piperidine rings is 1. The summed E-state index contributed by atoms with van der Waals surface area (Å²) >= 11 is 0. The van der Waals surface area contributed by atoms with Crippen molar-refractivity contribution in [3.05, 3.63) is 30.1 Å². The number of carbonyl (C=O) groups is 1. The molecule has 0 radical (unpaired) electrons. The number of carbonyl (C=O) groups excluding carboxylic acids is 1. The van der Waals surface area contributed by atoms with Crippen molar-refractivity contribution in [1.29, 1.82) is 0 Å². The third-order valence-electron chi connectivity index (χ3n) is 3.90. The van der Waals surface area contributed by atoms with Crippen LogP contribution in [0.15, 0.2) is 24.4 Å². The van der Waals surface area contributed by atoms with Gasteiger partial charge in [0.1, 0.15) is 0 Å². The summed E-state index contributed by atoms with van der Waals surface area (Å²) in [5, 5.41) is 0. The van der Waals surface area contributed by atoms with Gasteiger partial charge in [-0.05, 0) is 45.2 Å². The van der Waals surface area contributed by atoms with Crippen molar-refractivity contribution in [2.45, 2.75) is 51.1 Å². The van der Waals surface area contributed by atoms with Gasteiger partial charge in [0.05, 0.1) is 0 Å². The molecule has 1 unspecified atom stereocenters. The molecule has 1 atom stereocenters. The molecule has 4 heteroatoms. The molecular weight excluding hydrogens is 238 g/mol. The maximum atomic E-state index is 12.4. The predicted molar refractivity (Wildman–Crippen MR) is 75.6 cm³/mol. The summed E-state index contributed by atoms with van der Waals surface area (Å²) < 4.78 is 0. The third kappa shape index (κ3) is 3.53. The van der Waals surface area contributed by atoms with Gasteiger partial charge in [0.15, 0.2) is 0 Å². The fourth-order valence-electron chi connectivity index (χ4n) is 2.60. The number of aryl methyl sites for hydroxylation is 1. The number of rotatable bonds is 3. The quantitative estimate of drug-likeness (QED) is 0.901. The van der Waals surface area contributed by atoms with Gasteiger partial charge in [-0.2, -0.15) is 0 Å². The van der Waals surface area contributed by atoms with E-state index in [1.54, 1.807) is 6.20 Å². The van der Waals surface area contributed by atoms with E-state index in [0.717, 1.165) is 18.5 Å². The van der Waals surface area contributed by atoms with Crippen molar-refractivity contribution in [2.24, 2.45) is 5.73 Å². The van der Waals surface area contributed by atoms with E-state index in [2.05, 4.69) is 18.8 Å². The van der Waals surface area contributed by atoms with Crippen molar-refractivity contribution < 1.29 is 4.79 Å². The molecule has 2 rings (SSSR count). The van der Waals surface area contributed by atoms with E-state index in [4.69, 9.17) is 5.73 Å². The molecule has 0 spiro atoms. The van der Waals surface area contributed by atoms with E-state index in [9.17, 15) is 4.79 Å². The number of nitrogens with zero attached hydrogens (tertiary/aromatic N) is 2. The van der Waals surface area contributed by atoms with Crippen molar-refractivity contribution in [2.75, 3.05) is 6.54 Å². The van der Waals surface area contributed by atoms with Gasteiger partial charge in [-0.25, -0.2) is 0 Å². The molecule has 1 fully saturated rings. The third-order valence-corrected chi connectivity index (χ3v) is 3.90. The van der Waals surface area contributed by atoms with Crippen LogP contribution in [0, 0.1) is 0 Å². The lowest BCUT2D eigenvalue weighted by molar-refractivity contribution is -0.138. The SMILES string of the molecule is CC1(C)CCC(N)CN1C(=O)CCc1ccccn1. The molecule has 104 valence electrons. The molecule has 1 amide bonds. The molecule has 0 aromatic carbocycles. The number of hydrogen-bond acceptors (Lipinski definition) is 3. The second kappa shape index (κ2) is 5.70. The molecule has 1 aromatic rings. The minimum Gasteiger partial charge on any atom is -0.336 e. The van der Waals surface area contributed by atoms with Crippen LogP contribution in [-0.4, -0.2) is 33.9 Å². The number of hydrogen-bond donors (Lipinski definition) is 1. The Bertz CT molecular complexity index is 430. The van der Waals surface area contributed by atoms with Crippen LogP contribution in [0.5, 0.6) is 0 Å². The monoisotopic (exact) mass is 261 g/mol. The Morgan fingerprint density at radius 3 is 3.00 bits per heavy atom. The van der Waals surface area contributed by atoms with E-state index in [-0.39, 0.29) is 17.5 Å². The first-order chi connectivity index (χ1) is 8.99. The Labute approximate surface area is 115 Å². The van der Waals surface area contributed by atoms with Gasteiger partial charge in [0.25, 0.3) is 0 Å². The molecule has 1 saturated heterocycles. The second-order valence-corrected chi connectivity index (χ2v) is 5.94. The van der Waals surface area contributed by atoms with Crippen molar-refractivity contribution in [3.8, 4) is 0 Å². The highest BCUT2D eigenvalue weighted by molar-refractivity contribution is 5.77. The average molecular weight is 261 g/mol. The maximum Gasteiger partial charge on any atom is 0.223 e. The topological polar surface area (TPSA) is 59.2 Å². The number of pyridine rings is 1. The fraction of sp³-hybridized carbons (Fsp3) is 0.600. The Morgan fingerprint density at radius 2 is 2.32 bits per heavy atom. The standard InChI is InChI=1S/C15H23N3O/c1-15(2)9-8-12(16)11-18(15)14(19)7-6-13-5-3-4-10-17-13/h3-5,10,12H,6-9,11,16H2,1-2H3. The van der Waals surface area contributed by atoms with Crippen LogP contribution >= 0.6 is 0 Å². The molecule has 0 bridgehead atoms. The molecule has 1 aliphatic heterocycles. The Balaban J connectivity index is 1.95. The largest absolute Gasteiger partial charge is 0.336 e. The maximum absolute atomic E-state index is 12.4. The van der Waals surface area contributed by atoms with E-state index >= 15 is 0 Å². The van der Waals surface area contributed by atoms with Crippen LogP contribution < -0.4 is 5.73 Å². The summed E-state index contributed by atoms with van der Waals surface area (Å²) in [6, 6.07) is 5.92. The molecular formula is C15H23N3O. The van der Waals surface area contributed by atoms with E-state index in [0.29, 0.717) is 19.4 Å². The molecule has 4 nitrogen and oxygen atoms in total. The first-order valence-corrected chi connectivity index (χ1v) is 6.95. The van der Waals surface area contributed by atoms with Crippen LogP contribution in [0.25, 0.3) is 0 Å². The first-order valence-electron chi connectivity index (χ1n) is 6.95. The van der Waals surface area contributed by atoms with Gasteiger partial charge in [-0.3, -0.25) is 9.78 Å². The number of nitrogens with two attached hydrogens (primary N) is 1. The number of aromatic nitrogens is 1. The average Bonchev–Trinajstić information content (AvgIpc) is 2.40. The van der Waals surface area contributed by atoms with Gasteiger partial charge in [0.2, 0.25) is 5.91 Å². The van der Waals surface area contributed by atoms with Gasteiger partial charge < -0.3 is 10.6 Å². The molecule has 2 N–H and O–H groups in total. The lowest BCUT2D eigenvalue weighted by Gasteiger charge is -2.44. The normalized spacial score (nSPS) is 22.3. The highest BCUT2D eigenvalue weighted by atomic mass is 16.2. The lowest BCUT2D eigenvalue weighted by atomic mass is 9.88. The van der Waals surface area contributed by atoms with Gasteiger partial charge in [-0.1, -0.05) is 6.07 Å². The number of likely N-dealkylation sites (tertiary alicyclic amines) is 1. The predicted octanol–water partition coefficient (Wildman–Crippen LogP) is 1.74. The number of amides is 1. The molecule has 0 aliphatic carbocycles. The minimum absolute atomic E-state index is 0.0724. The van der Waals surface area contributed by atoms with E-state index in [1.807, 2.05) is 23.1 Å². The van der Waals surface area contributed by atoms with Crippen LogP contribution in [0.3, 0.4) is 0 Å². The van der Waals surface area contributed by atoms with Gasteiger partial charge in [-0.15, -0.1) is 0 Å². The van der Waals surface area contributed by atoms with Gasteiger partial charge in [0, 0.05) is 36.4 Å². The van der Waals surface area contributed by atoms with E-state index < -0.39 is 0 Å². The summed E-state index contributed by atoms with van der Waals surface area (Å²) in [4.78, 5) is 18.6. The Hall–Kier alpha value is -1.42. The van der Waals surface area contributed by atoms with Crippen LogP contribution in [0.2, 0.25) is 0 Å². The van der Waals surface area contributed by atoms with Crippen LogP contribution in [-0.2, 0) is 11.2 Å². The molecule has 0 saturated carbocycles. The highest BCUT2D eigenvalue weighted by Gasteiger charge is 2.35. The minimum atomic E-state index is -0.0724. The van der Waals surface area contributed by atoms with Crippen molar-refractivity contribution in [3.63, 3.8) is 0 Å².